The highest BCUT2D eigenvalue weighted by Gasteiger charge is 2.13. The molecule has 0 unspecified atom stereocenters. The highest BCUT2D eigenvalue weighted by atomic mass is 15.0. The van der Waals surface area contributed by atoms with E-state index < -0.39 is 0 Å². The van der Waals surface area contributed by atoms with E-state index in [2.05, 4.69) is 17.7 Å². The number of hydrogen-bond acceptors (Lipinski definition) is 2. The summed E-state index contributed by atoms with van der Waals surface area (Å²) < 4.78 is 0. The Morgan fingerprint density at radius 1 is 1.71 bits per heavy atom. The number of rotatable bonds is 1. The molecule has 2 nitrogen and oxygen atoms in total. The molecule has 1 heterocycles. The van der Waals surface area contributed by atoms with Crippen LogP contribution in [-0.4, -0.2) is 19.1 Å². The van der Waals surface area contributed by atoms with Gasteiger partial charge in [-0.2, -0.15) is 0 Å². The Hall–Kier alpha value is -0.0800. The molecule has 0 aliphatic carbocycles. The van der Waals surface area contributed by atoms with Crippen molar-refractivity contribution in [3.8, 4) is 0 Å². The van der Waals surface area contributed by atoms with Crippen molar-refractivity contribution in [2.24, 2.45) is 0 Å². The number of nitrogens with one attached hydrogen (secondary N) is 2. The summed E-state index contributed by atoms with van der Waals surface area (Å²) in [5.74, 6) is 0. The molecule has 0 aromatic rings. The van der Waals surface area contributed by atoms with Gasteiger partial charge in [0.05, 0.1) is 0 Å². The minimum absolute atomic E-state index is 0.625. The average molecular weight is 99.2 g/mol. The summed E-state index contributed by atoms with van der Waals surface area (Å²) in [5, 5.41) is 6.17. The fourth-order valence-electron chi connectivity index (χ4n) is 0.829. The third-order valence-corrected chi connectivity index (χ3v) is 1.35. The van der Waals surface area contributed by atoms with Crippen LogP contribution in [0.1, 0.15) is 6.42 Å². The summed E-state index contributed by atoms with van der Waals surface area (Å²) in [4.78, 5) is 0. The van der Waals surface area contributed by atoms with E-state index in [9.17, 15) is 0 Å². The van der Waals surface area contributed by atoms with Gasteiger partial charge >= 0.3 is 0 Å². The van der Waals surface area contributed by atoms with Crippen LogP contribution in [0.3, 0.4) is 0 Å². The normalized spacial score (nSPS) is 31.3. The zero-order valence-corrected chi connectivity index (χ0v) is 4.41. The largest absolute Gasteiger partial charge is 0.331 e. The van der Waals surface area contributed by atoms with Crippen LogP contribution < -0.4 is 10.6 Å². The zero-order valence-electron chi connectivity index (χ0n) is 4.41. The smallest absolute Gasteiger partial charge is 0.117 e. The molecule has 0 bridgehead atoms. The molecular weight excluding hydrogens is 88.1 g/mol. The second kappa shape index (κ2) is 2.28. The van der Waals surface area contributed by atoms with E-state index in [1.165, 1.54) is 6.42 Å². The third kappa shape index (κ3) is 1.14. The van der Waals surface area contributed by atoms with Crippen molar-refractivity contribution in [3.63, 3.8) is 0 Å². The van der Waals surface area contributed by atoms with Gasteiger partial charge in [0.2, 0.25) is 0 Å². The molecule has 0 spiro atoms. The van der Waals surface area contributed by atoms with E-state index in [0.29, 0.717) is 6.04 Å². The summed E-state index contributed by atoms with van der Waals surface area (Å²) in [6, 6.07) is 0.625. The molecular formula is C5H11N2. The highest BCUT2D eigenvalue weighted by Crippen LogP contribution is 1.89. The van der Waals surface area contributed by atoms with Crippen molar-refractivity contribution in [1.29, 1.82) is 0 Å². The van der Waals surface area contributed by atoms with Gasteiger partial charge in [-0.15, -0.1) is 7.05 Å². The van der Waals surface area contributed by atoms with Crippen LogP contribution in [0.15, 0.2) is 0 Å². The lowest BCUT2D eigenvalue weighted by Crippen LogP contribution is -2.84. The molecule has 1 fully saturated rings. The van der Waals surface area contributed by atoms with Crippen molar-refractivity contribution in [3.05, 3.63) is 7.05 Å². The van der Waals surface area contributed by atoms with E-state index in [-0.39, 0.29) is 0 Å². The first-order valence-corrected chi connectivity index (χ1v) is 2.67. The van der Waals surface area contributed by atoms with Crippen molar-refractivity contribution in [2.45, 2.75) is 12.5 Å². The lowest BCUT2D eigenvalue weighted by Gasteiger charge is -1.98. The van der Waals surface area contributed by atoms with Crippen molar-refractivity contribution in [2.75, 3.05) is 13.1 Å². The van der Waals surface area contributed by atoms with Crippen LogP contribution in [0.5, 0.6) is 0 Å². The Morgan fingerprint density at radius 3 is 2.86 bits per heavy atom. The molecule has 2 N–H and O–H groups in total. The topological polar surface area (TPSA) is 27.6 Å². The van der Waals surface area contributed by atoms with E-state index in [4.69, 9.17) is 0 Å². The summed E-state index contributed by atoms with van der Waals surface area (Å²) >= 11 is 0. The Labute approximate surface area is 44.3 Å². The maximum absolute atomic E-state index is 3.58. The molecule has 41 valence electrons. The van der Waals surface area contributed by atoms with E-state index in [1.54, 1.807) is 0 Å². The molecule has 1 aliphatic rings. The SMILES string of the molecule is [CH2-][NH+][C@@H]1CCNC1. The molecule has 1 radical (unpaired) electrons. The fraction of sp³-hybridized carbons (Fsp3) is 0.800. The monoisotopic (exact) mass is 99.1 g/mol. The Balaban J connectivity index is 2.14. The molecule has 0 aromatic heterocycles. The maximum atomic E-state index is 3.58. The minimum Gasteiger partial charge on any atom is -0.331 e. The standard InChI is InChI=1S/C5H11N2/c1-6-5-2-3-7-4-5/h5-7H,1-4H2/t5-/m1/s1. The van der Waals surface area contributed by atoms with Gasteiger partial charge in [0.25, 0.3) is 0 Å². The first kappa shape index (κ1) is 5.06. The van der Waals surface area contributed by atoms with Gasteiger partial charge in [-0.05, 0) is 0 Å². The lowest BCUT2D eigenvalue weighted by molar-refractivity contribution is -0.629. The van der Waals surface area contributed by atoms with Crippen LogP contribution in [-0.2, 0) is 0 Å². The minimum atomic E-state index is 0.625. The first-order valence-electron chi connectivity index (χ1n) is 2.67. The van der Waals surface area contributed by atoms with Gasteiger partial charge in [0.1, 0.15) is 6.04 Å². The Morgan fingerprint density at radius 2 is 2.57 bits per heavy atom. The van der Waals surface area contributed by atoms with E-state index in [1.807, 2.05) is 0 Å². The highest BCUT2D eigenvalue weighted by molar-refractivity contribution is 4.67. The van der Waals surface area contributed by atoms with Gasteiger partial charge in [-0.25, -0.2) is 0 Å². The molecule has 1 atom stereocenters. The van der Waals surface area contributed by atoms with Gasteiger partial charge in [0.15, 0.2) is 0 Å². The third-order valence-electron chi connectivity index (χ3n) is 1.35. The number of hydrogen-bond donors (Lipinski definition) is 2. The zero-order chi connectivity index (χ0) is 5.11. The van der Waals surface area contributed by atoms with Gasteiger partial charge in [0, 0.05) is 19.5 Å². The van der Waals surface area contributed by atoms with Gasteiger partial charge in [-0.1, -0.05) is 0 Å². The van der Waals surface area contributed by atoms with Crippen LogP contribution in [0.4, 0.5) is 0 Å². The quantitative estimate of drug-likeness (QED) is 0.384. The first-order chi connectivity index (χ1) is 3.43. The molecule has 1 rings (SSSR count). The predicted molar refractivity (Wildman–Crippen MR) is 27.6 cm³/mol. The second-order valence-electron chi connectivity index (χ2n) is 1.89. The molecule has 1 aliphatic heterocycles. The lowest BCUT2D eigenvalue weighted by atomic mass is 10.3. The molecule has 1 saturated heterocycles. The van der Waals surface area contributed by atoms with Crippen LogP contribution in [0.2, 0.25) is 0 Å². The summed E-state index contributed by atoms with van der Waals surface area (Å²) in [6.45, 7) is 2.23. The molecule has 2 heteroatoms. The van der Waals surface area contributed by atoms with E-state index >= 15 is 0 Å². The van der Waals surface area contributed by atoms with Crippen LogP contribution >= 0.6 is 0 Å². The van der Waals surface area contributed by atoms with Crippen molar-refractivity contribution < 1.29 is 5.32 Å². The van der Waals surface area contributed by atoms with Gasteiger partial charge in [-0.3, -0.25) is 0 Å². The maximum Gasteiger partial charge on any atom is 0.117 e. The Kier molecular flexibility index (Phi) is 1.65. The molecule has 7 heavy (non-hydrogen) atoms. The van der Waals surface area contributed by atoms with Crippen molar-refractivity contribution in [1.82, 2.24) is 5.32 Å². The summed E-state index contributed by atoms with van der Waals surface area (Å²) in [5.41, 5.74) is 0. The Bertz CT molecular complexity index is 48.0. The summed E-state index contributed by atoms with van der Waals surface area (Å²) in [7, 11) is 3.58. The van der Waals surface area contributed by atoms with Gasteiger partial charge < -0.3 is 10.6 Å². The fourth-order valence-corrected chi connectivity index (χ4v) is 0.829. The molecule has 0 amide bonds. The molecule has 0 aromatic carbocycles. The predicted octanol–water partition coefficient (Wildman–Crippen LogP) is -1.51. The van der Waals surface area contributed by atoms with E-state index in [0.717, 1.165) is 13.1 Å². The van der Waals surface area contributed by atoms with Crippen molar-refractivity contribution >= 4 is 0 Å². The van der Waals surface area contributed by atoms with Crippen LogP contribution in [0.25, 0.3) is 0 Å². The molecule has 0 saturated carbocycles. The summed E-state index contributed by atoms with van der Waals surface area (Å²) in [6.07, 6.45) is 1.23. The average Bonchev–Trinajstić information content (AvgIpc) is 2.14. The van der Waals surface area contributed by atoms with Crippen LogP contribution in [0, 0.1) is 7.05 Å². The second-order valence-corrected chi connectivity index (χ2v) is 1.89.